The first-order valence-electron chi connectivity index (χ1n) is 44.6. The molecule has 4 amide bonds. The molecule has 686 valence electrons. The fraction of sp³-hybridized carbons (Fsp3) is 0.412. The number of rotatable bonds is 26. The summed E-state index contributed by atoms with van der Waals surface area (Å²) in [5, 5.41) is 54.9. The topological polar surface area (TPSA) is 291 Å². The first kappa shape index (κ1) is 98.3. The Bertz CT molecular complexity index is 5430. The van der Waals surface area contributed by atoms with Crippen molar-refractivity contribution in [3.8, 4) is 34.5 Å². The number of phenols is 3. The van der Waals surface area contributed by atoms with Crippen LogP contribution < -0.4 is 19.5 Å². The Labute approximate surface area is 760 Å². The maximum absolute atomic E-state index is 12.9. The SMILES string of the molecule is C.C=Cc1c(O)cccc1CCN1CCCC1c1ccnn1C(C)C.C=Cc1c(O)cccc1NC(=O)N1CCCC1c1ccnn1C(C)C.C=Cc1c(O)cccc1OC(=O)N1CCCC1c1ccnn1C(C)C.CC(=O)N1CCC(COc2cccc(C)c2C=O)=C(c2ccnn2C(C)C)C1.Cc1cccc(OCC2=C(c3ccnn3C(C)C)CN(C)CC2)c1C=O. The second-order valence-electron chi connectivity index (χ2n) is 34.4. The third kappa shape index (κ3) is 23.9. The van der Waals surface area contributed by atoms with Gasteiger partial charge in [-0.2, -0.15) is 25.5 Å². The van der Waals surface area contributed by atoms with Crippen LogP contribution in [0.25, 0.3) is 29.4 Å². The van der Waals surface area contributed by atoms with Gasteiger partial charge in [0.2, 0.25) is 5.91 Å². The van der Waals surface area contributed by atoms with Crippen molar-refractivity contribution in [3.05, 3.63) is 256 Å². The van der Waals surface area contributed by atoms with Gasteiger partial charge in [-0.3, -0.25) is 47.6 Å². The van der Waals surface area contributed by atoms with E-state index in [1.54, 1.807) is 79.0 Å². The molecular formula is C102H132N16O11. The summed E-state index contributed by atoms with van der Waals surface area (Å²) in [7, 11) is 2.14. The minimum atomic E-state index is -0.423. The molecule has 5 aromatic carbocycles. The minimum Gasteiger partial charge on any atom is -0.507 e. The minimum absolute atomic E-state index is 0. The van der Waals surface area contributed by atoms with Crippen LogP contribution >= 0.6 is 0 Å². The molecule has 5 aromatic heterocycles. The number of aryl methyl sites for hydroxylation is 2. The number of aromatic nitrogens is 10. The number of amides is 4. The lowest BCUT2D eigenvalue weighted by Crippen LogP contribution is -2.36. The molecule has 15 rings (SSSR count). The molecule has 3 saturated heterocycles. The average molecular weight is 1760 g/mol. The molecule has 10 aromatic rings. The highest BCUT2D eigenvalue weighted by Gasteiger charge is 2.37. The molecule has 129 heavy (non-hydrogen) atoms. The van der Waals surface area contributed by atoms with Gasteiger partial charge < -0.3 is 49.5 Å². The molecule has 27 nitrogen and oxygen atoms in total. The number of anilines is 1. The van der Waals surface area contributed by atoms with Crippen LogP contribution in [-0.2, 0) is 11.2 Å². The normalized spacial score (nSPS) is 16.3. The zero-order valence-electron chi connectivity index (χ0n) is 76.8. The lowest BCUT2D eigenvalue weighted by molar-refractivity contribution is -0.128. The van der Waals surface area contributed by atoms with Crippen LogP contribution in [0.5, 0.6) is 34.5 Å². The van der Waals surface area contributed by atoms with Gasteiger partial charge >= 0.3 is 12.1 Å². The Morgan fingerprint density at radius 3 is 1.40 bits per heavy atom. The molecule has 27 heteroatoms. The van der Waals surface area contributed by atoms with E-state index in [9.17, 15) is 39.3 Å². The van der Waals surface area contributed by atoms with E-state index in [1.807, 2.05) is 111 Å². The molecule has 10 heterocycles. The van der Waals surface area contributed by atoms with Crippen LogP contribution in [0.4, 0.5) is 15.3 Å². The fourth-order valence-corrected chi connectivity index (χ4v) is 17.4. The smallest absolute Gasteiger partial charge is 0.415 e. The quantitative estimate of drug-likeness (QED) is 0.0366. The van der Waals surface area contributed by atoms with Gasteiger partial charge in [-0.1, -0.05) is 93.9 Å². The molecule has 3 fully saturated rings. The van der Waals surface area contributed by atoms with Gasteiger partial charge in [-0.25, -0.2) is 9.59 Å². The van der Waals surface area contributed by atoms with Crippen molar-refractivity contribution in [2.24, 2.45) is 0 Å². The Hall–Kier alpha value is -12.9. The van der Waals surface area contributed by atoms with Gasteiger partial charge in [0.1, 0.15) is 47.7 Å². The summed E-state index contributed by atoms with van der Waals surface area (Å²) < 4.78 is 27.8. The molecule has 5 aliphatic rings. The molecule has 3 atom stereocenters. The van der Waals surface area contributed by atoms with Crippen molar-refractivity contribution in [2.45, 2.75) is 204 Å². The van der Waals surface area contributed by atoms with E-state index in [4.69, 9.17) is 14.2 Å². The fourth-order valence-electron chi connectivity index (χ4n) is 17.4. The second-order valence-corrected chi connectivity index (χ2v) is 34.4. The van der Waals surface area contributed by atoms with Crippen molar-refractivity contribution in [3.63, 3.8) is 0 Å². The van der Waals surface area contributed by atoms with Gasteiger partial charge in [0.05, 0.1) is 69.0 Å². The van der Waals surface area contributed by atoms with Gasteiger partial charge in [-0.15, -0.1) is 0 Å². The predicted octanol–water partition coefficient (Wildman–Crippen LogP) is 20.6. The molecule has 0 aliphatic carbocycles. The summed E-state index contributed by atoms with van der Waals surface area (Å²) in [5.74, 6) is 2.08. The number of benzene rings is 5. The highest BCUT2D eigenvalue weighted by atomic mass is 16.6. The van der Waals surface area contributed by atoms with E-state index in [2.05, 4.69) is 164 Å². The summed E-state index contributed by atoms with van der Waals surface area (Å²) in [6, 6.07) is 38.7. The Morgan fingerprint density at radius 1 is 0.481 bits per heavy atom. The highest BCUT2D eigenvalue weighted by molar-refractivity contribution is 5.93. The zero-order chi connectivity index (χ0) is 92.0. The van der Waals surface area contributed by atoms with E-state index < -0.39 is 6.09 Å². The van der Waals surface area contributed by atoms with E-state index in [-0.39, 0.29) is 61.1 Å². The van der Waals surface area contributed by atoms with E-state index in [0.29, 0.717) is 108 Å². The second kappa shape index (κ2) is 46.2. The van der Waals surface area contributed by atoms with Crippen LogP contribution in [0, 0.1) is 13.8 Å². The van der Waals surface area contributed by atoms with Crippen molar-refractivity contribution in [2.75, 3.05) is 77.9 Å². The molecular weight excluding hydrogens is 1630 g/mol. The maximum atomic E-state index is 12.9. The molecule has 0 saturated carbocycles. The Morgan fingerprint density at radius 2 is 0.899 bits per heavy atom. The largest absolute Gasteiger partial charge is 0.507 e. The summed E-state index contributed by atoms with van der Waals surface area (Å²) in [5.41, 5.74) is 16.9. The number of nitrogens with one attached hydrogen (secondary N) is 1. The van der Waals surface area contributed by atoms with Crippen LogP contribution in [-0.4, -0.2) is 192 Å². The predicted molar refractivity (Wildman–Crippen MR) is 511 cm³/mol. The Balaban J connectivity index is 0.000000168. The van der Waals surface area contributed by atoms with Gasteiger partial charge in [0, 0.05) is 125 Å². The van der Waals surface area contributed by atoms with E-state index >= 15 is 0 Å². The van der Waals surface area contributed by atoms with E-state index in [0.717, 1.165) is 140 Å². The number of likely N-dealkylation sites (N-methyl/N-ethyl adjacent to an activating group) is 1. The number of carbonyl (C=O) groups is 5. The highest BCUT2D eigenvalue weighted by Crippen LogP contribution is 2.40. The molecule has 3 unspecified atom stereocenters. The van der Waals surface area contributed by atoms with Crippen molar-refractivity contribution in [1.82, 2.24) is 73.4 Å². The third-order valence-electron chi connectivity index (χ3n) is 24.1. The Kier molecular flexibility index (Phi) is 35.2. The summed E-state index contributed by atoms with van der Waals surface area (Å²) in [6.45, 7) is 45.2. The number of hydrogen-bond acceptors (Lipinski definition) is 18. The van der Waals surface area contributed by atoms with Crippen molar-refractivity contribution < 1.29 is 53.5 Å². The average Bonchev–Trinajstić information content (AvgIpc) is 1.60. The summed E-state index contributed by atoms with van der Waals surface area (Å²) >= 11 is 0. The maximum Gasteiger partial charge on any atom is 0.415 e. The monoisotopic (exact) mass is 1760 g/mol. The van der Waals surface area contributed by atoms with Crippen LogP contribution in [0.15, 0.2) is 183 Å². The first-order chi connectivity index (χ1) is 61.6. The molecule has 5 aliphatic heterocycles. The number of hydrogen-bond donors (Lipinski definition) is 4. The lowest BCUT2D eigenvalue weighted by atomic mass is 9.97. The number of aromatic hydroxyl groups is 3. The summed E-state index contributed by atoms with van der Waals surface area (Å²) in [4.78, 5) is 70.7. The number of aldehydes is 2. The van der Waals surface area contributed by atoms with Crippen molar-refractivity contribution in [1.29, 1.82) is 0 Å². The molecule has 0 bridgehead atoms. The number of phenolic OH excluding ortho intramolecular Hbond substituents is 3. The number of carbonyl (C=O) groups excluding carboxylic acids is 5. The zero-order valence-corrected chi connectivity index (χ0v) is 76.8. The van der Waals surface area contributed by atoms with Crippen LogP contribution in [0.3, 0.4) is 0 Å². The molecule has 4 N–H and O–H groups in total. The third-order valence-corrected chi connectivity index (χ3v) is 24.1. The number of likely N-dealkylation sites (tertiary alicyclic amines) is 3. The van der Waals surface area contributed by atoms with E-state index in [1.165, 1.54) is 41.8 Å². The number of ether oxygens (including phenoxy) is 3. The number of urea groups is 1. The molecule has 0 spiro atoms. The number of nitrogens with zero attached hydrogens (tertiary/aromatic N) is 15. The van der Waals surface area contributed by atoms with Gasteiger partial charge in [0.15, 0.2) is 12.6 Å². The van der Waals surface area contributed by atoms with Crippen LogP contribution in [0.1, 0.15) is 266 Å². The lowest BCUT2D eigenvalue weighted by Gasteiger charge is -2.31. The summed E-state index contributed by atoms with van der Waals surface area (Å²) in [6.07, 6.45) is 23.9. The van der Waals surface area contributed by atoms with Gasteiger partial charge in [-0.05, 0) is 266 Å². The van der Waals surface area contributed by atoms with Crippen molar-refractivity contribution >= 4 is 65.7 Å². The first-order valence-corrected chi connectivity index (χ1v) is 44.6. The van der Waals surface area contributed by atoms with Gasteiger partial charge in [0.25, 0.3) is 0 Å². The molecule has 0 radical (unpaired) electrons. The van der Waals surface area contributed by atoms with Crippen LogP contribution in [0.2, 0.25) is 0 Å². The standard InChI is InChI=1S/C22H27N3O3.C21H27N3O2.C20H27N3O.C19H24N4O2.C19H23N3O3.CH4/c1-15(2)25-21(8-10-23-25)19-12-24(17(4)27)11-9-18(19)14-28-22-7-5-6-16(3)20(22)13-26;1-15(2)24-20(8-10-22-24)18-12-23(4)11-9-17(18)14-26-21-7-5-6-16(3)19(21)13-25;1-4-17-16(7-5-9-20(17)24)11-14-22-13-6-8-18(22)19-10-12-21-23(19)15(2)3;1-4-14-15(7-5-9-18(14)24)21-19(25)22-12-6-8-16(22)17-10-11-20-23(17)13(2)3;1-4-14-17(23)8-5-9-18(14)25-19(24)21-12-6-7-15(21)16-10-11-20-22(16)13(2)3;/h5-8,10,13,15H,9,11-12,14H2,1-4H3;5-8,10,13,15H,9,11-12,14H2,1-4H3;4-5,7,9-10,12,15,18,24H,1,6,8,11,13-14H2,2-3H3;4-5,7,9-11,13,16,24H,1,6,8,12H2,2-3H3,(H,21,25);4-5,8-11,13,15,23H,1,6-7,12H2,2-3H3;1H4.